The van der Waals surface area contributed by atoms with E-state index in [0.717, 1.165) is 39.0 Å². The summed E-state index contributed by atoms with van der Waals surface area (Å²) in [6.45, 7) is 4.73. The number of aromatic hydroxyl groups is 2. The van der Waals surface area contributed by atoms with Gasteiger partial charge in [0.15, 0.2) is 5.78 Å². The lowest BCUT2D eigenvalue weighted by atomic mass is 10.1. The van der Waals surface area contributed by atoms with Gasteiger partial charge in [0.05, 0.1) is 18.2 Å². The van der Waals surface area contributed by atoms with Gasteiger partial charge in [-0.3, -0.25) is 9.69 Å². The van der Waals surface area contributed by atoms with Gasteiger partial charge in [0, 0.05) is 19.2 Å². The Morgan fingerprint density at radius 2 is 2.24 bits per heavy atom. The summed E-state index contributed by atoms with van der Waals surface area (Å²) in [5.41, 5.74) is 0.254. The number of ketones is 1. The molecule has 0 spiro atoms. The number of hydrogen-bond acceptors (Lipinski definition) is 5. The van der Waals surface area contributed by atoms with E-state index >= 15 is 0 Å². The normalized spacial score (nSPS) is 19.6. The number of carbonyl (C=O) groups is 1. The molecule has 1 atom stereocenters. The van der Waals surface area contributed by atoms with Gasteiger partial charge in [0.25, 0.3) is 0 Å². The van der Waals surface area contributed by atoms with Crippen LogP contribution in [0.15, 0.2) is 18.2 Å². The highest BCUT2D eigenvalue weighted by molar-refractivity contribution is 6.00. The van der Waals surface area contributed by atoms with Crippen LogP contribution in [0.1, 0.15) is 36.5 Å². The van der Waals surface area contributed by atoms with E-state index in [1.165, 1.54) is 18.2 Å². The molecule has 0 saturated carbocycles. The van der Waals surface area contributed by atoms with Crippen LogP contribution in [0.3, 0.4) is 0 Å². The van der Waals surface area contributed by atoms with E-state index < -0.39 is 0 Å². The highest BCUT2D eigenvalue weighted by Gasteiger charge is 2.23. The summed E-state index contributed by atoms with van der Waals surface area (Å²) in [6, 6.07) is 4.06. The molecule has 1 aliphatic rings. The average molecular weight is 293 g/mol. The van der Waals surface area contributed by atoms with E-state index in [-0.39, 0.29) is 35.5 Å². The Bertz CT molecular complexity index is 489. The molecular formula is C16H23NO4. The van der Waals surface area contributed by atoms with Crippen molar-refractivity contribution < 1.29 is 19.7 Å². The molecule has 0 radical (unpaired) electrons. The lowest BCUT2D eigenvalue weighted by Gasteiger charge is -2.32. The number of benzene rings is 1. The van der Waals surface area contributed by atoms with Gasteiger partial charge in [-0.05, 0) is 37.9 Å². The molecule has 2 N–H and O–H groups in total. The largest absolute Gasteiger partial charge is 0.508 e. The summed E-state index contributed by atoms with van der Waals surface area (Å²) in [6.07, 6.45) is 3.25. The SMILES string of the molecule is CCCOC1CCCN(CC(=O)c2ccc(O)cc2O)C1. The first-order chi connectivity index (χ1) is 10.1. The number of phenols is 2. The van der Waals surface area contributed by atoms with Gasteiger partial charge in [0.2, 0.25) is 0 Å². The number of rotatable bonds is 6. The topological polar surface area (TPSA) is 70.0 Å². The molecule has 1 aliphatic heterocycles. The van der Waals surface area contributed by atoms with Crippen LogP contribution >= 0.6 is 0 Å². The summed E-state index contributed by atoms with van der Waals surface area (Å²) in [7, 11) is 0. The third kappa shape index (κ3) is 4.44. The fraction of sp³-hybridized carbons (Fsp3) is 0.562. The Morgan fingerprint density at radius 1 is 1.43 bits per heavy atom. The van der Waals surface area contributed by atoms with E-state index in [4.69, 9.17) is 4.74 Å². The zero-order chi connectivity index (χ0) is 15.2. The number of ether oxygens (including phenoxy) is 1. The molecule has 5 nitrogen and oxygen atoms in total. The Morgan fingerprint density at radius 3 is 2.95 bits per heavy atom. The molecule has 0 aliphatic carbocycles. The Hall–Kier alpha value is -1.59. The first-order valence-corrected chi connectivity index (χ1v) is 7.49. The van der Waals surface area contributed by atoms with Crippen LogP contribution in [0, 0.1) is 0 Å². The molecule has 1 heterocycles. The van der Waals surface area contributed by atoms with Crippen molar-refractivity contribution >= 4 is 5.78 Å². The summed E-state index contributed by atoms with van der Waals surface area (Å²) < 4.78 is 5.75. The minimum Gasteiger partial charge on any atom is -0.508 e. The number of Topliss-reactive ketones (excluding diaryl/α,β-unsaturated/α-hetero) is 1. The van der Waals surface area contributed by atoms with Crippen molar-refractivity contribution in [3.05, 3.63) is 23.8 Å². The van der Waals surface area contributed by atoms with Crippen molar-refractivity contribution in [2.45, 2.75) is 32.3 Å². The molecule has 116 valence electrons. The minimum absolute atomic E-state index is 0.0462. The van der Waals surface area contributed by atoms with Crippen LogP contribution in [0.2, 0.25) is 0 Å². The van der Waals surface area contributed by atoms with Gasteiger partial charge < -0.3 is 14.9 Å². The quantitative estimate of drug-likeness (QED) is 0.787. The Kier molecular flexibility index (Phi) is 5.59. The molecule has 0 aromatic heterocycles. The summed E-state index contributed by atoms with van der Waals surface area (Å²) >= 11 is 0. The lowest BCUT2D eigenvalue weighted by Crippen LogP contribution is -2.42. The zero-order valence-electron chi connectivity index (χ0n) is 12.4. The lowest BCUT2D eigenvalue weighted by molar-refractivity contribution is 0.00129. The van der Waals surface area contributed by atoms with Crippen LogP contribution in [-0.4, -0.2) is 53.2 Å². The third-order valence-electron chi connectivity index (χ3n) is 3.67. The fourth-order valence-corrected chi connectivity index (χ4v) is 2.62. The second kappa shape index (κ2) is 7.43. The zero-order valence-corrected chi connectivity index (χ0v) is 12.4. The Balaban J connectivity index is 1.92. The second-order valence-corrected chi connectivity index (χ2v) is 5.49. The van der Waals surface area contributed by atoms with Gasteiger partial charge >= 0.3 is 0 Å². The summed E-state index contributed by atoms with van der Waals surface area (Å²) in [5.74, 6) is -0.352. The molecule has 1 aromatic carbocycles. The molecule has 1 fully saturated rings. The number of nitrogens with zero attached hydrogens (tertiary/aromatic N) is 1. The standard InChI is InChI=1S/C16H23NO4/c1-2-8-21-13-4-3-7-17(10-13)11-16(20)14-6-5-12(18)9-15(14)19/h5-6,9,13,18-19H,2-4,7-8,10-11H2,1H3. The average Bonchev–Trinajstić information content (AvgIpc) is 2.45. The number of likely N-dealkylation sites (tertiary alicyclic amines) is 1. The van der Waals surface area contributed by atoms with Gasteiger partial charge in [-0.25, -0.2) is 0 Å². The summed E-state index contributed by atoms with van der Waals surface area (Å²) in [4.78, 5) is 14.3. The molecule has 0 bridgehead atoms. The predicted molar refractivity (Wildman–Crippen MR) is 79.8 cm³/mol. The maximum atomic E-state index is 12.2. The van der Waals surface area contributed by atoms with Crippen LogP contribution < -0.4 is 0 Å². The number of carbonyl (C=O) groups excluding carboxylic acids is 1. The highest BCUT2D eigenvalue weighted by atomic mass is 16.5. The molecular weight excluding hydrogens is 270 g/mol. The maximum Gasteiger partial charge on any atom is 0.180 e. The number of phenolic OH excluding ortho intramolecular Hbond substituents is 2. The first-order valence-electron chi connectivity index (χ1n) is 7.49. The molecule has 1 aromatic rings. The maximum absolute atomic E-state index is 12.2. The first kappa shape index (κ1) is 15.8. The van der Waals surface area contributed by atoms with Crippen molar-refractivity contribution in [1.29, 1.82) is 0 Å². The monoisotopic (exact) mass is 293 g/mol. The van der Waals surface area contributed by atoms with Crippen LogP contribution in [-0.2, 0) is 4.74 Å². The smallest absolute Gasteiger partial charge is 0.180 e. The number of piperidine rings is 1. The van der Waals surface area contributed by atoms with E-state index in [1.54, 1.807) is 0 Å². The third-order valence-corrected chi connectivity index (χ3v) is 3.67. The number of hydrogen-bond donors (Lipinski definition) is 2. The minimum atomic E-state index is -0.171. The van der Waals surface area contributed by atoms with Crippen LogP contribution in [0.5, 0.6) is 11.5 Å². The molecule has 2 rings (SSSR count). The fourth-order valence-electron chi connectivity index (χ4n) is 2.62. The predicted octanol–water partition coefficient (Wildman–Crippen LogP) is 2.17. The Labute approximate surface area is 125 Å². The van der Waals surface area contributed by atoms with Gasteiger partial charge in [0.1, 0.15) is 11.5 Å². The van der Waals surface area contributed by atoms with E-state index in [0.29, 0.717) is 0 Å². The van der Waals surface area contributed by atoms with Crippen molar-refractivity contribution in [1.82, 2.24) is 4.90 Å². The van der Waals surface area contributed by atoms with Gasteiger partial charge in [-0.1, -0.05) is 6.92 Å². The van der Waals surface area contributed by atoms with Crippen LogP contribution in [0.25, 0.3) is 0 Å². The van der Waals surface area contributed by atoms with Crippen molar-refractivity contribution in [2.75, 3.05) is 26.2 Å². The van der Waals surface area contributed by atoms with E-state index in [2.05, 4.69) is 11.8 Å². The molecule has 1 saturated heterocycles. The highest BCUT2D eigenvalue weighted by Crippen LogP contribution is 2.23. The van der Waals surface area contributed by atoms with Gasteiger partial charge in [-0.2, -0.15) is 0 Å². The van der Waals surface area contributed by atoms with Gasteiger partial charge in [-0.15, -0.1) is 0 Å². The van der Waals surface area contributed by atoms with Crippen LogP contribution in [0.4, 0.5) is 0 Å². The second-order valence-electron chi connectivity index (χ2n) is 5.49. The summed E-state index contributed by atoms with van der Waals surface area (Å²) in [5, 5.41) is 19.0. The van der Waals surface area contributed by atoms with Crippen molar-refractivity contribution in [2.24, 2.45) is 0 Å². The van der Waals surface area contributed by atoms with Crippen molar-refractivity contribution in [3.8, 4) is 11.5 Å². The van der Waals surface area contributed by atoms with Crippen molar-refractivity contribution in [3.63, 3.8) is 0 Å². The molecule has 5 heteroatoms. The van der Waals surface area contributed by atoms with E-state index in [9.17, 15) is 15.0 Å². The molecule has 1 unspecified atom stereocenters. The van der Waals surface area contributed by atoms with E-state index in [1.807, 2.05) is 0 Å². The molecule has 0 amide bonds. The molecule has 21 heavy (non-hydrogen) atoms.